The second-order valence-corrected chi connectivity index (χ2v) is 6.80. The van der Waals surface area contributed by atoms with Crippen LogP contribution in [0.1, 0.15) is 39.5 Å². The summed E-state index contributed by atoms with van der Waals surface area (Å²) in [4.78, 5) is 37.1. The van der Waals surface area contributed by atoms with Crippen molar-refractivity contribution in [3.63, 3.8) is 0 Å². The molecular formula is C15H24N2O4. The first kappa shape index (κ1) is 15.8. The van der Waals surface area contributed by atoms with E-state index < -0.39 is 11.4 Å². The molecule has 6 heteroatoms. The highest BCUT2D eigenvalue weighted by Gasteiger charge is 2.37. The number of hydrogen-bond acceptors (Lipinski definition) is 3. The predicted octanol–water partition coefficient (Wildman–Crippen LogP) is 0.862. The van der Waals surface area contributed by atoms with Crippen LogP contribution in [0.3, 0.4) is 0 Å². The van der Waals surface area contributed by atoms with Crippen LogP contribution in [0.2, 0.25) is 0 Å². The number of piperidine rings is 1. The molecule has 1 saturated carbocycles. The van der Waals surface area contributed by atoms with Crippen molar-refractivity contribution in [3.8, 4) is 0 Å². The van der Waals surface area contributed by atoms with Crippen molar-refractivity contribution in [2.45, 2.75) is 39.5 Å². The van der Waals surface area contributed by atoms with Gasteiger partial charge in [0.2, 0.25) is 11.8 Å². The molecule has 2 fully saturated rings. The molecule has 2 aliphatic rings. The fourth-order valence-electron chi connectivity index (χ4n) is 2.51. The standard InChI is InChI=1S/C15H24N2O4/c1-15(2,14(20)21)9-16-12(18)11-4-3-7-17(8-11)13(19)10-5-6-10/h10-11H,3-9H2,1-2H3,(H,16,18)(H,20,21). The smallest absolute Gasteiger partial charge is 0.310 e. The number of rotatable bonds is 5. The molecule has 0 aromatic heterocycles. The number of carboxylic acids is 1. The van der Waals surface area contributed by atoms with Crippen molar-refractivity contribution in [2.75, 3.05) is 19.6 Å². The Labute approximate surface area is 124 Å². The maximum Gasteiger partial charge on any atom is 0.310 e. The molecule has 118 valence electrons. The fourth-order valence-corrected chi connectivity index (χ4v) is 2.51. The van der Waals surface area contributed by atoms with Crippen LogP contribution in [0, 0.1) is 17.3 Å². The number of carbonyl (C=O) groups excluding carboxylic acids is 2. The third kappa shape index (κ3) is 3.95. The van der Waals surface area contributed by atoms with Crippen molar-refractivity contribution in [3.05, 3.63) is 0 Å². The number of aliphatic carboxylic acids is 1. The van der Waals surface area contributed by atoms with Crippen molar-refractivity contribution in [1.82, 2.24) is 10.2 Å². The van der Waals surface area contributed by atoms with Crippen LogP contribution in [0.15, 0.2) is 0 Å². The summed E-state index contributed by atoms with van der Waals surface area (Å²) >= 11 is 0. The summed E-state index contributed by atoms with van der Waals surface area (Å²) in [6.07, 6.45) is 3.53. The zero-order chi connectivity index (χ0) is 15.6. The lowest BCUT2D eigenvalue weighted by Gasteiger charge is -2.32. The minimum atomic E-state index is -0.978. The molecule has 0 spiro atoms. The van der Waals surface area contributed by atoms with Gasteiger partial charge in [-0.15, -0.1) is 0 Å². The number of nitrogens with zero attached hydrogens (tertiary/aromatic N) is 1. The summed E-state index contributed by atoms with van der Waals surface area (Å²) in [6.45, 7) is 4.47. The highest BCUT2D eigenvalue weighted by Crippen LogP contribution is 2.32. The van der Waals surface area contributed by atoms with Crippen LogP contribution in [0.25, 0.3) is 0 Å². The highest BCUT2D eigenvalue weighted by molar-refractivity contribution is 5.84. The van der Waals surface area contributed by atoms with E-state index in [9.17, 15) is 14.4 Å². The Bertz CT molecular complexity index is 443. The van der Waals surface area contributed by atoms with Gasteiger partial charge in [-0.1, -0.05) is 0 Å². The first-order valence-corrected chi connectivity index (χ1v) is 7.61. The third-order valence-electron chi connectivity index (χ3n) is 4.31. The third-order valence-corrected chi connectivity index (χ3v) is 4.31. The summed E-state index contributed by atoms with van der Waals surface area (Å²) in [5.41, 5.74) is -0.978. The number of nitrogens with one attached hydrogen (secondary N) is 1. The van der Waals surface area contributed by atoms with Gasteiger partial charge in [-0.3, -0.25) is 14.4 Å². The van der Waals surface area contributed by atoms with Crippen LogP contribution in [-0.2, 0) is 14.4 Å². The molecule has 1 unspecified atom stereocenters. The van der Waals surface area contributed by atoms with Gasteiger partial charge >= 0.3 is 5.97 Å². The molecule has 0 aromatic carbocycles. The van der Waals surface area contributed by atoms with E-state index >= 15 is 0 Å². The maximum atomic E-state index is 12.2. The maximum absolute atomic E-state index is 12.2. The van der Waals surface area contributed by atoms with E-state index in [0.717, 1.165) is 32.2 Å². The van der Waals surface area contributed by atoms with Crippen molar-refractivity contribution in [1.29, 1.82) is 0 Å². The second-order valence-electron chi connectivity index (χ2n) is 6.80. The molecule has 1 aliphatic heterocycles. The predicted molar refractivity (Wildman–Crippen MR) is 76.5 cm³/mol. The topological polar surface area (TPSA) is 86.7 Å². The van der Waals surface area contributed by atoms with Crippen molar-refractivity contribution in [2.24, 2.45) is 17.3 Å². The molecule has 2 amide bonds. The Morgan fingerprint density at radius 3 is 2.43 bits per heavy atom. The molecule has 21 heavy (non-hydrogen) atoms. The number of hydrogen-bond donors (Lipinski definition) is 2. The van der Waals surface area contributed by atoms with E-state index in [1.54, 1.807) is 18.7 Å². The van der Waals surface area contributed by atoms with Gasteiger partial charge in [0.15, 0.2) is 0 Å². The Kier molecular flexibility index (Phi) is 4.54. The van der Waals surface area contributed by atoms with Crippen molar-refractivity contribution >= 4 is 17.8 Å². The largest absolute Gasteiger partial charge is 0.481 e. The normalized spacial score (nSPS) is 22.8. The number of likely N-dealkylation sites (tertiary alicyclic amines) is 1. The minimum absolute atomic E-state index is 0.105. The van der Waals surface area contributed by atoms with Gasteiger partial charge in [0, 0.05) is 25.6 Å². The molecule has 0 radical (unpaired) electrons. The lowest BCUT2D eigenvalue weighted by atomic mass is 9.92. The molecule has 1 saturated heterocycles. The molecule has 2 rings (SSSR count). The molecule has 1 heterocycles. The molecular weight excluding hydrogens is 272 g/mol. The van der Waals surface area contributed by atoms with E-state index in [1.807, 2.05) is 0 Å². The summed E-state index contributed by atoms with van der Waals surface area (Å²) in [5, 5.41) is 11.8. The van der Waals surface area contributed by atoms with Gasteiger partial charge in [-0.05, 0) is 39.5 Å². The lowest BCUT2D eigenvalue weighted by Crippen LogP contribution is -2.48. The first-order chi connectivity index (χ1) is 9.81. The molecule has 0 aromatic rings. The van der Waals surface area contributed by atoms with E-state index in [-0.39, 0.29) is 30.2 Å². The fraction of sp³-hybridized carbons (Fsp3) is 0.800. The van der Waals surface area contributed by atoms with Crippen LogP contribution in [0.4, 0.5) is 0 Å². The molecule has 1 atom stereocenters. The van der Waals surface area contributed by atoms with Gasteiger partial charge < -0.3 is 15.3 Å². The second kappa shape index (κ2) is 6.03. The SMILES string of the molecule is CC(C)(CNC(=O)C1CCCN(C(=O)C2CC2)C1)C(=O)O. The zero-order valence-electron chi connectivity index (χ0n) is 12.7. The number of carboxylic acid groups (broad SMARTS) is 1. The molecule has 6 nitrogen and oxygen atoms in total. The van der Waals surface area contributed by atoms with Crippen LogP contribution < -0.4 is 5.32 Å². The van der Waals surface area contributed by atoms with Gasteiger partial charge in [-0.2, -0.15) is 0 Å². The van der Waals surface area contributed by atoms with Crippen LogP contribution in [-0.4, -0.2) is 47.4 Å². The van der Waals surface area contributed by atoms with Crippen LogP contribution >= 0.6 is 0 Å². The summed E-state index contributed by atoms with van der Waals surface area (Å²) in [7, 11) is 0. The molecule has 0 bridgehead atoms. The molecule has 1 aliphatic carbocycles. The highest BCUT2D eigenvalue weighted by atomic mass is 16.4. The van der Waals surface area contributed by atoms with Gasteiger partial charge in [0.25, 0.3) is 0 Å². The quantitative estimate of drug-likeness (QED) is 0.788. The minimum Gasteiger partial charge on any atom is -0.481 e. The van der Waals surface area contributed by atoms with Crippen LogP contribution in [0.5, 0.6) is 0 Å². The summed E-state index contributed by atoms with van der Waals surface area (Å²) < 4.78 is 0. The Morgan fingerprint density at radius 1 is 1.19 bits per heavy atom. The Morgan fingerprint density at radius 2 is 1.86 bits per heavy atom. The van der Waals surface area contributed by atoms with Gasteiger partial charge in [-0.25, -0.2) is 0 Å². The lowest BCUT2D eigenvalue weighted by molar-refractivity contribution is -0.147. The Hall–Kier alpha value is -1.59. The van der Waals surface area contributed by atoms with Crippen molar-refractivity contribution < 1.29 is 19.5 Å². The molecule has 2 N–H and O–H groups in total. The summed E-state index contributed by atoms with van der Waals surface area (Å²) in [6, 6.07) is 0. The van der Waals surface area contributed by atoms with E-state index in [1.165, 1.54) is 0 Å². The van der Waals surface area contributed by atoms with Gasteiger partial charge in [0.05, 0.1) is 11.3 Å². The Balaban J connectivity index is 1.84. The summed E-state index contributed by atoms with van der Waals surface area (Å²) in [5.74, 6) is -0.934. The average molecular weight is 296 g/mol. The van der Waals surface area contributed by atoms with E-state index in [4.69, 9.17) is 5.11 Å². The number of amides is 2. The van der Waals surface area contributed by atoms with Gasteiger partial charge in [0.1, 0.15) is 0 Å². The zero-order valence-corrected chi connectivity index (χ0v) is 12.7. The monoisotopic (exact) mass is 296 g/mol. The van der Waals surface area contributed by atoms with E-state index in [2.05, 4.69) is 5.32 Å². The number of carbonyl (C=O) groups is 3. The first-order valence-electron chi connectivity index (χ1n) is 7.61. The average Bonchev–Trinajstić information content (AvgIpc) is 3.28. The van der Waals surface area contributed by atoms with E-state index in [0.29, 0.717) is 6.54 Å².